The topological polar surface area (TPSA) is 29.1 Å². The van der Waals surface area contributed by atoms with Gasteiger partial charge in [0.25, 0.3) is 5.91 Å². The van der Waals surface area contributed by atoms with Crippen molar-refractivity contribution in [3.05, 3.63) is 55.8 Å². The van der Waals surface area contributed by atoms with Gasteiger partial charge in [0.15, 0.2) is 0 Å². The average molecular weight is 371 g/mol. The number of halogens is 1. The molecule has 4 heteroatoms. The average Bonchev–Trinajstić information content (AvgIpc) is 2.81. The maximum atomic E-state index is 12.0. The molecule has 1 unspecified atom stereocenters. The van der Waals surface area contributed by atoms with E-state index < -0.39 is 0 Å². The summed E-state index contributed by atoms with van der Waals surface area (Å²) >= 11 is 3.94. The Morgan fingerprint density at radius 1 is 1.39 bits per heavy atom. The van der Waals surface area contributed by atoms with Crippen molar-refractivity contribution in [3.8, 4) is 0 Å². The van der Waals surface area contributed by atoms with E-state index in [1.807, 2.05) is 37.3 Å². The molecule has 1 amide bonds. The van der Waals surface area contributed by atoms with Gasteiger partial charge in [-0.25, -0.2) is 0 Å². The Bertz CT molecular complexity index is 524. The fraction of sp³-hybridized carbons (Fsp3) is 0.214. The summed E-state index contributed by atoms with van der Waals surface area (Å²) in [5, 5.41) is 5.09. The van der Waals surface area contributed by atoms with Crippen LogP contribution < -0.4 is 5.32 Å². The van der Waals surface area contributed by atoms with Gasteiger partial charge in [-0.3, -0.25) is 4.79 Å². The van der Waals surface area contributed by atoms with Crippen LogP contribution in [0.4, 0.5) is 0 Å². The van der Waals surface area contributed by atoms with Gasteiger partial charge in [0, 0.05) is 26.5 Å². The Morgan fingerprint density at radius 2 is 2.22 bits per heavy atom. The minimum absolute atomic E-state index is 0.00225. The Hall–Kier alpha value is -0.880. The number of carbonyl (C=O) groups excluding carboxylic acids is 1. The van der Waals surface area contributed by atoms with Crippen LogP contribution in [-0.4, -0.2) is 11.9 Å². The molecule has 0 saturated heterocycles. The third-order valence-corrected chi connectivity index (χ3v) is 4.12. The molecule has 0 bridgehead atoms. The predicted octanol–water partition coefficient (Wildman–Crippen LogP) is 3.71. The molecule has 1 atom stereocenters. The lowest BCUT2D eigenvalue weighted by Gasteiger charge is -2.13. The van der Waals surface area contributed by atoms with Crippen LogP contribution >= 0.6 is 33.9 Å². The van der Waals surface area contributed by atoms with E-state index in [4.69, 9.17) is 0 Å². The first-order valence-corrected chi connectivity index (χ1v) is 7.70. The molecule has 2 nitrogen and oxygen atoms in total. The maximum absolute atomic E-state index is 12.0. The lowest BCUT2D eigenvalue weighted by atomic mass is 10.1. The summed E-state index contributed by atoms with van der Waals surface area (Å²) in [6.45, 7) is 2.03. The van der Waals surface area contributed by atoms with E-state index in [-0.39, 0.29) is 11.9 Å². The number of hydrogen-bond donors (Lipinski definition) is 1. The molecule has 0 aliphatic carbocycles. The van der Waals surface area contributed by atoms with Crippen LogP contribution in [0.25, 0.3) is 0 Å². The summed E-state index contributed by atoms with van der Waals surface area (Å²) < 4.78 is 1.08. The Morgan fingerprint density at radius 3 is 2.89 bits per heavy atom. The molecule has 18 heavy (non-hydrogen) atoms. The minimum Gasteiger partial charge on any atom is -0.349 e. The molecule has 1 N–H and O–H groups in total. The number of thiophene rings is 1. The summed E-state index contributed by atoms with van der Waals surface area (Å²) in [7, 11) is 0. The van der Waals surface area contributed by atoms with Crippen LogP contribution in [0.15, 0.2) is 41.8 Å². The number of carbonyl (C=O) groups is 1. The molecule has 0 aliphatic heterocycles. The number of benzene rings is 1. The Labute approximate surface area is 125 Å². The normalized spacial score (nSPS) is 12.1. The van der Waals surface area contributed by atoms with Gasteiger partial charge < -0.3 is 5.32 Å². The first kappa shape index (κ1) is 13.5. The molecule has 2 rings (SSSR count). The molecule has 0 radical (unpaired) electrons. The Balaban J connectivity index is 1.95. The van der Waals surface area contributed by atoms with Crippen molar-refractivity contribution in [2.24, 2.45) is 0 Å². The van der Waals surface area contributed by atoms with E-state index in [9.17, 15) is 4.79 Å². The zero-order valence-electron chi connectivity index (χ0n) is 10.0. The van der Waals surface area contributed by atoms with Gasteiger partial charge in [0.2, 0.25) is 0 Å². The predicted molar refractivity (Wildman–Crippen MR) is 84.1 cm³/mol. The second kappa shape index (κ2) is 6.33. The van der Waals surface area contributed by atoms with E-state index in [1.54, 1.807) is 11.3 Å². The zero-order chi connectivity index (χ0) is 13.0. The van der Waals surface area contributed by atoms with Crippen LogP contribution in [-0.2, 0) is 6.42 Å². The third kappa shape index (κ3) is 3.81. The van der Waals surface area contributed by atoms with Gasteiger partial charge in [-0.1, -0.05) is 12.1 Å². The number of nitrogens with one attached hydrogen (secondary N) is 1. The molecule has 0 aliphatic rings. The van der Waals surface area contributed by atoms with Gasteiger partial charge in [-0.15, -0.1) is 11.3 Å². The van der Waals surface area contributed by atoms with Crippen molar-refractivity contribution >= 4 is 39.8 Å². The number of rotatable bonds is 4. The highest BCUT2D eigenvalue weighted by atomic mass is 127. The van der Waals surface area contributed by atoms with E-state index in [2.05, 4.69) is 39.4 Å². The van der Waals surface area contributed by atoms with Crippen molar-refractivity contribution in [2.75, 3.05) is 0 Å². The highest BCUT2D eigenvalue weighted by Crippen LogP contribution is 2.12. The van der Waals surface area contributed by atoms with E-state index >= 15 is 0 Å². The van der Waals surface area contributed by atoms with Gasteiger partial charge in [0.05, 0.1) is 0 Å². The van der Waals surface area contributed by atoms with Gasteiger partial charge in [0.1, 0.15) is 0 Å². The molecule has 0 spiro atoms. The highest BCUT2D eigenvalue weighted by molar-refractivity contribution is 14.1. The fourth-order valence-electron chi connectivity index (χ4n) is 1.72. The molecule has 1 heterocycles. The quantitative estimate of drug-likeness (QED) is 0.816. The second-order valence-corrected chi connectivity index (χ2v) is 6.45. The minimum atomic E-state index is -0.00225. The standard InChI is InChI=1S/C14H14INOS/c1-10(8-13-6-3-7-18-13)16-14(17)11-4-2-5-12(15)9-11/h2-7,9-10H,8H2,1H3,(H,16,17). The first-order valence-electron chi connectivity index (χ1n) is 5.74. The van der Waals surface area contributed by atoms with Crippen LogP contribution in [0, 0.1) is 3.57 Å². The zero-order valence-corrected chi connectivity index (χ0v) is 13.0. The van der Waals surface area contributed by atoms with Crippen molar-refractivity contribution in [1.82, 2.24) is 5.32 Å². The molecular weight excluding hydrogens is 357 g/mol. The summed E-state index contributed by atoms with van der Waals surface area (Å²) in [6, 6.07) is 11.9. The highest BCUT2D eigenvalue weighted by Gasteiger charge is 2.10. The van der Waals surface area contributed by atoms with Crippen molar-refractivity contribution in [1.29, 1.82) is 0 Å². The van der Waals surface area contributed by atoms with E-state index in [0.29, 0.717) is 0 Å². The molecule has 0 saturated carbocycles. The lowest BCUT2D eigenvalue weighted by molar-refractivity contribution is 0.0940. The molecule has 94 valence electrons. The van der Waals surface area contributed by atoms with Crippen molar-refractivity contribution in [3.63, 3.8) is 0 Å². The summed E-state index contributed by atoms with van der Waals surface area (Å²) in [6.07, 6.45) is 0.882. The number of amides is 1. The molecule has 1 aromatic heterocycles. The lowest BCUT2D eigenvalue weighted by Crippen LogP contribution is -2.33. The van der Waals surface area contributed by atoms with Gasteiger partial charge in [-0.05, 0) is 59.2 Å². The van der Waals surface area contributed by atoms with Crippen molar-refractivity contribution < 1.29 is 4.79 Å². The molecule has 0 fully saturated rings. The van der Waals surface area contributed by atoms with Crippen LogP contribution in [0.3, 0.4) is 0 Å². The largest absolute Gasteiger partial charge is 0.349 e. The second-order valence-electron chi connectivity index (χ2n) is 4.17. The monoisotopic (exact) mass is 371 g/mol. The molecule has 2 aromatic rings. The maximum Gasteiger partial charge on any atom is 0.251 e. The summed E-state index contributed by atoms with van der Waals surface area (Å²) in [5.41, 5.74) is 0.722. The molecular formula is C14H14INOS. The first-order chi connectivity index (χ1) is 8.65. The molecule has 1 aromatic carbocycles. The van der Waals surface area contributed by atoms with Crippen LogP contribution in [0.1, 0.15) is 22.2 Å². The SMILES string of the molecule is CC(Cc1cccs1)NC(=O)c1cccc(I)c1. The van der Waals surface area contributed by atoms with Gasteiger partial charge in [-0.2, -0.15) is 0 Å². The van der Waals surface area contributed by atoms with Gasteiger partial charge >= 0.3 is 0 Å². The van der Waals surface area contributed by atoms with Crippen molar-refractivity contribution in [2.45, 2.75) is 19.4 Å². The summed E-state index contributed by atoms with van der Waals surface area (Å²) in [5.74, 6) is -0.00225. The van der Waals surface area contributed by atoms with Crippen LogP contribution in [0.2, 0.25) is 0 Å². The van der Waals surface area contributed by atoms with E-state index in [0.717, 1.165) is 15.6 Å². The third-order valence-electron chi connectivity index (χ3n) is 2.55. The fourth-order valence-corrected chi connectivity index (χ4v) is 3.10. The number of hydrogen-bond acceptors (Lipinski definition) is 2. The van der Waals surface area contributed by atoms with Crippen LogP contribution in [0.5, 0.6) is 0 Å². The smallest absolute Gasteiger partial charge is 0.251 e. The summed E-state index contributed by atoms with van der Waals surface area (Å²) in [4.78, 5) is 13.3. The Kier molecular flexibility index (Phi) is 4.77. The van der Waals surface area contributed by atoms with E-state index in [1.165, 1.54) is 4.88 Å².